The molecule has 0 rings (SSSR count). The summed E-state index contributed by atoms with van der Waals surface area (Å²) in [5.41, 5.74) is 5.00. The van der Waals surface area contributed by atoms with Gasteiger partial charge < -0.3 is 0 Å². The first-order valence-corrected chi connectivity index (χ1v) is 12.3. The van der Waals surface area contributed by atoms with Crippen molar-refractivity contribution in [2.45, 2.75) is 54.6 Å². The summed E-state index contributed by atoms with van der Waals surface area (Å²) in [6.45, 7) is 2.29. The van der Waals surface area contributed by atoms with Crippen LogP contribution in [0.2, 0.25) is 15.9 Å². The Morgan fingerprint density at radius 1 is 1.15 bits per heavy atom. The summed E-state index contributed by atoms with van der Waals surface area (Å²) < 4.78 is 0. The van der Waals surface area contributed by atoms with Gasteiger partial charge in [0.05, 0.1) is 0 Å². The summed E-state index contributed by atoms with van der Waals surface area (Å²) in [7, 11) is 4.44. The number of rotatable bonds is 7. The Labute approximate surface area is 89.9 Å². The minimum absolute atomic E-state index is 0.707. The minimum atomic E-state index is -0.707. The summed E-state index contributed by atoms with van der Waals surface area (Å²) in [6, 6.07) is 0.839. The van der Waals surface area contributed by atoms with Crippen LogP contribution in [0, 0.1) is 0 Å². The Balaban J connectivity index is 3.57. The Morgan fingerprint density at radius 3 is 2.15 bits per heavy atom. The van der Waals surface area contributed by atoms with E-state index in [1.807, 2.05) is 0 Å². The molecule has 0 saturated heterocycles. The van der Waals surface area contributed by atoms with Gasteiger partial charge in [-0.3, -0.25) is 0 Å². The number of hydrogen-bond donors (Lipinski definition) is 0. The predicted molar refractivity (Wildman–Crippen MR) is 63.9 cm³/mol. The van der Waals surface area contributed by atoms with Crippen molar-refractivity contribution in [1.29, 1.82) is 0 Å². The van der Waals surface area contributed by atoms with Crippen molar-refractivity contribution in [3.8, 4) is 0 Å². The first kappa shape index (κ1) is 13.6. The second-order valence-electron chi connectivity index (χ2n) is 4.73. The molecule has 0 aliphatic rings. The second-order valence-corrected chi connectivity index (χ2v) is 11.8. The molecule has 0 aromatic rings. The third-order valence-electron chi connectivity index (χ3n) is 2.67. The van der Waals surface area contributed by atoms with Crippen LogP contribution in [0.25, 0.3) is 0 Å². The summed E-state index contributed by atoms with van der Waals surface area (Å²) >= 11 is -0.707. The van der Waals surface area contributed by atoms with Crippen LogP contribution in [0.1, 0.15) is 32.6 Å². The van der Waals surface area contributed by atoms with E-state index in [-0.39, 0.29) is 0 Å². The van der Waals surface area contributed by atoms with Crippen molar-refractivity contribution >= 4 is 16.2 Å². The van der Waals surface area contributed by atoms with Crippen LogP contribution in [0.4, 0.5) is 0 Å². The average Bonchev–Trinajstić information content (AvgIpc) is 2.02. The molecule has 0 aliphatic heterocycles. The molecule has 0 saturated carbocycles. The topological polar surface area (TPSA) is 3.24 Å². The molecule has 0 aliphatic carbocycles. The van der Waals surface area contributed by atoms with Crippen LogP contribution in [0.3, 0.4) is 0 Å². The SMILES string of the molecule is CCCC(CC[CH2][Ga]([CH3])[CH3])N(C)C. The van der Waals surface area contributed by atoms with E-state index in [0.717, 1.165) is 6.04 Å². The quantitative estimate of drug-likeness (QED) is 0.619. The van der Waals surface area contributed by atoms with Crippen LogP contribution in [0.15, 0.2) is 0 Å². The molecule has 0 aromatic heterocycles. The zero-order valence-electron chi connectivity index (χ0n) is 10.1. The molecule has 0 heterocycles. The van der Waals surface area contributed by atoms with Crippen molar-refractivity contribution < 1.29 is 0 Å². The summed E-state index contributed by atoms with van der Waals surface area (Å²) in [6.07, 6.45) is 5.59. The van der Waals surface area contributed by atoms with Crippen LogP contribution in [-0.4, -0.2) is 41.3 Å². The fourth-order valence-electron chi connectivity index (χ4n) is 1.76. The standard InChI is InChI=1S/C9H20N.2CH3.Ga/c1-5-7-9(8-6-2)10(3)4;;;/h9H,1,5-8H2,2-4H3;2*1H3;. The van der Waals surface area contributed by atoms with E-state index in [1.54, 1.807) is 4.98 Å². The van der Waals surface area contributed by atoms with Crippen LogP contribution in [0.5, 0.6) is 0 Å². The second kappa shape index (κ2) is 7.95. The molecule has 0 fully saturated rings. The van der Waals surface area contributed by atoms with Gasteiger partial charge in [0.2, 0.25) is 0 Å². The molecule has 0 aromatic carbocycles. The molecule has 0 N–H and O–H groups in total. The Kier molecular flexibility index (Phi) is 8.32. The normalized spacial score (nSPS) is 13.4. The molecule has 0 amide bonds. The molecule has 1 unspecified atom stereocenters. The average molecular weight is 242 g/mol. The van der Waals surface area contributed by atoms with Gasteiger partial charge in [0, 0.05) is 0 Å². The predicted octanol–water partition coefficient (Wildman–Crippen LogP) is 3.25. The summed E-state index contributed by atoms with van der Waals surface area (Å²) in [5, 5.41) is 0. The maximum absolute atomic E-state index is 2.50. The van der Waals surface area contributed by atoms with Gasteiger partial charge in [-0.05, 0) is 0 Å². The van der Waals surface area contributed by atoms with Crippen LogP contribution < -0.4 is 0 Å². The zero-order chi connectivity index (χ0) is 10.3. The summed E-state index contributed by atoms with van der Waals surface area (Å²) in [4.78, 5) is 3.97. The fourth-order valence-corrected chi connectivity index (χ4v) is 3.96. The van der Waals surface area contributed by atoms with Crippen molar-refractivity contribution in [1.82, 2.24) is 4.90 Å². The number of hydrogen-bond acceptors (Lipinski definition) is 1. The van der Waals surface area contributed by atoms with E-state index in [0.29, 0.717) is 0 Å². The Morgan fingerprint density at radius 2 is 1.77 bits per heavy atom. The molecule has 0 bridgehead atoms. The zero-order valence-corrected chi connectivity index (χ0v) is 12.6. The Hall–Kier alpha value is 0.596. The van der Waals surface area contributed by atoms with Crippen molar-refractivity contribution in [2.24, 2.45) is 0 Å². The van der Waals surface area contributed by atoms with Gasteiger partial charge in [-0.1, -0.05) is 0 Å². The van der Waals surface area contributed by atoms with Crippen LogP contribution in [-0.2, 0) is 0 Å². The third-order valence-corrected chi connectivity index (χ3v) is 5.95. The van der Waals surface area contributed by atoms with Gasteiger partial charge in [-0.15, -0.1) is 0 Å². The van der Waals surface area contributed by atoms with Gasteiger partial charge in [-0.25, -0.2) is 0 Å². The van der Waals surface area contributed by atoms with Crippen molar-refractivity contribution in [3.63, 3.8) is 0 Å². The number of nitrogens with zero attached hydrogens (tertiary/aromatic N) is 1. The summed E-state index contributed by atoms with van der Waals surface area (Å²) in [5.74, 6) is 0. The van der Waals surface area contributed by atoms with E-state index >= 15 is 0 Å². The van der Waals surface area contributed by atoms with Gasteiger partial charge >= 0.3 is 89.8 Å². The molecular weight excluding hydrogens is 216 g/mol. The van der Waals surface area contributed by atoms with Crippen molar-refractivity contribution in [2.75, 3.05) is 14.1 Å². The molecule has 78 valence electrons. The monoisotopic (exact) mass is 241 g/mol. The molecule has 0 spiro atoms. The van der Waals surface area contributed by atoms with Gasteiger partial charge in [0.15, 0.2) is 0 Å². The molecular formula is C11H26GaN. The van der Waals surface area contributed by atoms with E-state index < -0.39 is 16.2 Å². The van der Waals surface area contributed by atoms with Crippen molar-refractivity contribution in [3.05, 3.63) is 0 Å². The van der Waals surface area contributed by atoms with Gasteiger partial charge in [0.1, 0.15) is 0 Å². The molecule has 13 heavy (non-hydrogen) atoms. The van der Waals surface area contributed by atoms with Gasteiger partial charge in [-0.2, -0.15) is 0 Å². The first-order chi connectivity index (χ1) is 6.07. The van der Waals surface area contributed by atoms with Crippen LogP contribution >= 0.6 is 0 Å². The first-order valence-electron chi connectivity index (χ1n) is 5.74. The van der Waals surface area contributed by atoms with E-state index in [4.69, 9.17) is 0 Å². The molecule has 1 nitrogen and oxygen atoms in total. The van der Waals surface area contributed by atoms with E-state index in [2.05, 4.69) is 36.9 Å². The third kappa shape index (κ3) is 7.65. The Bertz CT molecular complexity index is 113. The molecule has 2 heteroatoms. The van der Waals surface area contributed by atoms with E-state index in [1.165, 1.54) is 25.7 Å². The van der Waals surface area contributed by atoms with E-state index in [9.17, 15) is 0 Å². The molecule has 0 radical (unpaired) electrons. The van der Waals surface area contributed by atoms with Gasteiger partial charge in [0.25, 0.3) is 0 Å². The maximum atomic E-state index is 2.50. The fraction of sp³-hybridized carbons (Fsp3) is 1.00. The molecule has 1 atom stereocenters.